The molecule has 26 heavy (non-hydrogen) atoms. The van der Waals surface area contributed by atoms with Gasteiger partial charge in [-0.3, -0.25) is 4.79 Å². The maximum atomic E-state index is 13.4. The third-order valence-corrected chi connectivity index (χ3v) is 6.77. The van der Waals surface area contributed by atoms with Crippen molar-refractivity contribution in [1.29, 1.82) is 0 Å². The number of amides is 1. The topological polar surface area (TPSA) is 79.4 Å². The Bertz CT molecular complexity index is 910. The van der Waals surface area contributed by atoms with Crippen molar-refractivity contribution in [1.82, 2.24) is 14.6 Å². The van der Waals surface area contributed by atoms with Crippen molar-refractivity contribution in [2.75, 3.05) is 6.54 Å². The van der Waals surface area contributed by atoms with Crippen molar-refractivity contribution < 1.29 is 22.0 Å². The molecule has 1 saturated heterocycles. The highest BCUT2D eigenvalue weighted by Gasteiger charge is 2.39. The summed E-state index contributed by atoms with van der Waals surface area (Å²) in [4.78, 5) is 16.2. The average molecular weight is 401 g/mol. The lowest BCUT2D eigenvalue weighted by atomic mass is 10.2. The van der Waals surface area contributed by atoms with Gasteiger partial charge >= 0.3 is 0 Å². The molecule has 1 aromatic carbocycles. The van der Waals surface area contributed by atoms with Gasteiger partial charge in [0.1, 0.15) is 17.7 Å². The first-order valence-electron chi connectivity index (χ1n) is 7.94. The average Bonchev–Trinajstić information content (AvgIpc) is 3.21. The zero-order chi connectivity index (χ0) is 18.9. The van der Waals surface area contributed by atoms with Crippen molar-refractivity contribution in [3.8, 4) is 0 Å². The molecule has 1 aromatic heterocycles. The molecule has 140 valence electrons. The van der Waals surface area contributed by atoms with Crippen LogP contribution in [-0.2, 0) is 21.4 Å². The lowest BCUT2D eigenvalue weighted by Gasteiger charge is -2.23. The Kier molecular flexibility index (Phi) is 5.35. The molecule has 1 aliphatic rings. The summed E-state index contributed by atoms with van der Waals surface area (Å²) in [6, 6.07) is 1.20. The lowest BCUT2D eigenvalue weighted by Crippen LogP contribution is -2.45. The Morgan fingerprint density at radius 2 is 2.04 bits per heavy atom. The fourth-order valence-electron chi connectivity index (χ4n) is 2.89. The van der Waals surface area contributed by atoms with Crippen molar-refractivity contribution in [2.45, 2.75) is 37.2 Å². The minimum atomic E-state index is -4.18. The number of halogens is 2. The number of nitrogens with one attached hydrogen (secondary N) is 1. The van der Waals surface area contributed by atoms with E-state index >= 15 is 0 Å². The molecule has 1 N–H and O–H groups in total. The minimum absolute atomic E-state index is 0.119. The van der Waals surface area contributed by atoms with Crippen LogP contribution in [0, 0.1) is 18.6 Å². The zero-order valence-corrected chi connectivity index (χ0v) is 15.5. The van der Waals surface area contributed by atoms with Crippen molar-refractivity contribution in [3.05, 3.63) is 45.9 Å². The lowest BCUT2D eigenvalue weighted by molar-refractivity contribution is -0.124. The molecule has 0 aliphatic carbocycles. The quantitative estimate of drug-likeness (QED) is 0.833. The van der Waals surface area contributed by atoms with Crippen molar-refractivity contribution >= 4 is 27.3 Å². The van der Waals surface area contributed by atoms with E-state index in [1.165, 1.54) is 11.3 Å². The number of sulfonamides is 1. The molecule has 1 aliphatic heterocycles. The molecule has 2 aromatic rings. The molecule has 3 rings (SSSR count). The molecule has 0 radical (unpaired) electrons. The number of thiazole rings is 1. The fourth-order valence-corrected chi connectivity index (χ4v) is 5.20. The van der Waals surface area contributed by atoms with Gasteiger partial charge in [-0.1, -0.05) is 0 Å². The predicted octanol–water partition coefficient (Wildman–Crippen LogP) is 2.20. The summed E-state index contributed by atoms with van der Waals surface area (Å²) in [5.41, 5.74) is 0.695. The molecule has 0 spiro atoms. The number of hydrogen-bond acceptors (Lipinski definition) is 5. The van der Waals surface area contributed by atoms with Gasteiger partial charge in [-0.25, -0.2) is 22.2 Å². The van der Waals surface area contributed by atoms with Gasteiger partial charge in [0, 0.05) is 18.0 Å². The summed E-state index contributed by atoms with van der Waals surface area (Å²) >= 11 is 1.45. The minimum Gasteiger partial charge on any atom is -0.349 e. The second-order valence-corrected chi connectivity index (χ2v) is 8.91. The first kappa shape index (κ1) is 18.9. The largest absolute Gasteiger partial charge is 0.349 e. The van der Waals surface area contributed by atoms with Crippen LogP contribution in [0.25, 0.3) is 0 Å². The van der Waals surface area contributed by atoms with Gasteiger partial charge < -0.3 is 5.32 Å². The van der Waals surface area contributed by atoms with Gasteiger partial charge in [0.2, 0.25) is 15.9 Å². The van der Waals surface area contributed by atoms with Crippen LogP contribution < -0.4 is 5.32 Å². The van der Waals surface area contributed by atoms with Crippen LogP contribution in [0.1, 0.15) is 23.5 Å². The normalized spacial score (nSPS) is 18.2. The van der Waals surface area contributed by atoms with E-state index in [2.05, 4.69) is 10.3 Å². The van der Waals surface area contributed by atoms with Crippen LogP contribution in [0.15, 0.2) is 28.5 Å². The summed E-state index contributed by atoms with van der Waals surface area (Å²) in [5.74, 6) is -2.42. The molecule has 2 heterocycles. The third kappa shape index (κ3) is 3.92. The van der Waals surface area contributed by atoms with Crippen LogP contribution in [-0.4, -0.2) is 36.2 Å². The maximum Gasteiger partial charge on any atom is 0.244 e. The summed E-state index contributed by atoms with van der Waals surface area (Å²) in [6.45, 7) is 2.16. The van der Waals surface area contributed by atoms with Crippen molar-refractivity contribution in [3.63, 3.8) is 0 Å². The number of aromatic nitrogens is 1. The fraction of sp³-hybridized carbons (Fsp3) is 0.375. The SMILES string of the molecule is Cc1nc(CNC(=O)C2CCCN2S(=O)(=O)c2cc(F)cc(F)c2)cs1. The Hall–Kier alpha value is -1.91. The number of benzene rings is 1. The molecule has 0 saturated carbocycles. The second kappa shape index (κ2) is 7.37. The molecule has 10 heteroatoms. The van der Waals surface area contributed by atoms with Gasteiger partial charge in [0.25, 0.3) is 0 Å². The van der Waals surface area contributed by atoms with Crippen LogP contribution in [0.5, 0.6) is 0 Å². The van der Waals surface area contributed by atoms with Crippen molar-refractivity contribution in [2.24, 2.45) is 0 Å². The van der Waals surface area contributed by atoms with E-state index in [0.717, 1.165) is 21.4 Å². The zero-order valence-electron chi connectivity index (χ0n) is 13.9. The molecular weight excluding hydrogens is 384 g/mol. The summed E-state index contributed by atoms with van der Waals surface area (Å²) < 4.78 is 53.3. The molecule has 1 unspecified atom stereocenters. The molecule has 1 fully saturated rings. The number of aryl methyl sites for hydroxylation is 1. The van der Waals surface area contributed by atoms with E-state index in [0.29, 0.717) is 24.6 Å². The van der Waals surface area contributed by atoms with Crippen LogP contribution >= 0.6 is 11.3 Å². The summed E-state index contributed by atoms with van der Waals surface area (Å²) in [6.07, 6.45) is 0.837. The Labute approximate surface area is 153 Å². The van der Waals surface area contributed by atoms with E-state index in [4.69, 9.17) is 0 Å². The van der Waals surface area contributed by atoms with E-state index in [9.17, 15) is 22.0 Å². The molecular formula is C16H17F2N3O3S2. The number of carbonyl (C=O) groups is 1. The highest BCUT2D eigenvalue weighted by molar-refractivity contribution is 7.89. The van der Waals surface area contributed by atoms with E-state index in [1.54, 1.807) is 0 Å². The Morgan fingerprint density at radius 3 is 2.65 bits per heavy atom. The molecule has 1 amide bonds. The van der Waals surface area contributed by atoms with Crippen LogP contribution in [0.4, 0.5) is 8.78 Å². The number of hydrogen-bond donors (Lipinski definition) is 1. The maximum absolute atomic E-state index is 13.4. The molecule has 1 atom stereocenters. The molecule has 0 bridgehead atoms. The smallest absolute Gasteiger partial charge is 0.244 e. The standard InChI is InChI=1S/C16H17F2N3O3S2/c1-10-20-13(9-25-10)8-19-16(22)15-3-2-4-21(15)26(23,24)14-6-11(17)5-12(18)7-14/h5-7,9,15H,2-4,8H2,1H3,(H,19,22). The van der Waals surface area contributed by atoms with Crippen LogP contribution in [0.2, 0.25) is 0 Å². The Balaban J connectivity index is 1.77. The monoisotopic (exact) mass is 401 g/mol. The van der Waals surface area contributed by atoms with Gasteiger partial charge in [-0.2, -0.15) is 4.31 Å². The number of carbonyl (C=O) groups excluding carboxylic acids is 1. The predicted molar refractivity (Wildman–Crippen MR) is 92.0 cm³/mol. The Morgan fingerprint density at radius 1 is 1.35 bits per heavy atom. The second-order valence-electron chi connectivity index (χ2n) is 5.95. The van der Waals surface area contributed by atoms with Gasteiger partial charge in [-0.05, 0) is 31.9 Å². The van der Waals surface area contributed by atoms with E-state index < -0.39 is 38.5 Å². The van der Waals surface area contributed by atoms with E-state index in [1.807, 2.05) is 12.3 Å². The van der Waals surface area contributed by atoms with Gasteiger partial charge in [0.05, 0.1) is 22.1 Å². The van der Waals surface area contributed by atoms with Gasteiger partial charge in [-0.15, -0.1) is 11.3 Å². The first-order valence-corrected chi connectivity index (χ1v) is 10.3. The highest BCUT2D eigenvalue weighted by Crippen LogP contribution is 2.27. The van der Waals surface area contributed by atoms with Gasteiger partial charge in [0.15, 0.2) is 0 Å². The number of nitrogens with zero attached hydrogens (tertiary/aromatic N) is 2. The third-order valence-electron chi connectivity index (χ3n) is 4.06. The first-order chi connectivity index (χ1) is 12.3. The van der Waals surface area contributed by atoms with E-state index in [-0.39, 0.29) is 13.1 Å². The summed E-state index contributed by atoms with van der Waals surface area (Å²) in [5, 5.41) is 5.36. The highest BCUT2D eigenvalue weighted by atomic mass is 32.2. The molecule has 6 nitrogen and oxygen atoms in total. The van der Waals surface area contributed by atoms with Crippen LogP contribution in [0.3, 0.4) is 0 Å². The number of rotatable bonds is 5. The summed E-state index contributed by atoms with van der Waals surface area (Å²) in [7, 11) is -4.18.